The molecule has 0 atom stereocenters. The van der Waals surface area contributed by atoms with E-state index < -0.39 is 17.0 Å². The van der Waals surface area contributed by atoms with E-state index in [1.165, 1.54) is 11.1 Å². The van der Waals surface area contributed by atoms with Gasteiger partial charge in [-0.05, 0) is 0 Å². The van der Waals surface area contributed by atoms with Gasteiger partial charge >= 0.3 is 103 Å². The van der Waals surface area contributed by atoms with Gasteiger partial charge < -0.3 is 0 Å². The summed E-state index contributed by atoms with van der Waals surface area (Å²) >= 11 is -0.939. The number of rotatable bonds is 4. The molecule has 87 valence electrons. The van der Waals surface area contributed by atoms with Crippen LogP contribution in [0, 0.1) is 0 Å². The third-order valence-electron chi connectivity index (χ3n) is 2.23. The molecule has 2 N–H and O–H groups in total. The maximum atomic E-state index is 6.25. The summed E-state index contributed by atoms with van der Waals surface area (Å²) in [6, 6.07) is 21.0. The van der Waals surface area contributed by atoms with Crippen LogP contribution in [-0.4, -0.2) is 0 Å². The first-order valence-electron chi connectivity index (χ1n) is 5.16. The first-order chi connectivity index (χ1) is 7.84. The molecule has 0 fully saturated rings. The normalized spacial score (nSPS) is 11.2. The van der Waals surface area contributed by atoms with Crippen molar-refractivity contribution in [3.05, 3.63) is 71.8 Å². The van der Waals surface area contributed by atoms with Gasteiger partial charge in [-0.3, -0.25) is 0 Å². The van der Waals surface area contributed by atoms with Gasteiger partial charge in [0.2, 0.25) is 0 Å². The molecule has 0 aromatic heterocycles. The first kappa shape index (κ1) is 11.5. The van der Waals surface area contributed by atoms with Gasteiger partial charge in [-0.15, -0.1) is 0 Å². The van der Waals surface area contributed by atoms with Crippen molar-refractivity contribution in [2.45, 2.75) is 9.79 Å². The SMILES string of the molecule is [NH2][Pd]([CH2]c1ccccc1)[CH2]c1ccccc1. The molecule has 0 spiro atoms. The van der Waals surface area contributed by atoms with Crippen LogP contribution in [0.4, 0.5) is 0 Å². The molecule has 2 aromatic rings. The van der Waals surface area contributed by atoms with E-state index in [2.05, 4.69) is 48.5 Å². The fourth-order valence-electron chi connectivity index (χ4n) is 1.48. The molecule has 0 unspecified atom stereocenters. The van der Waals surface area contributed by atoms with Crippen molar-refractivity contribution >= 4 is 0 Å². The Morgan fingerprint density at radius 2 is 1.06 bits per heavy atom. The molecule has 0 aliphatic heterocycles. The molecular weight excluding hydrogens is 289 g/mol. The van der Waals surface area contributed by atoms with Gasteiger partial charge in [0.25, 0.3) is 0 Å². The van der Waals surface area contributed by atoms with Gasteiger partial charge in [-0.25, -0.2) is 0 Å². The van der Waals surface area contributed by atoms with E-state index >= 15 is 0 Å². The summed E-state index contributed by atoms with van der Waals surface area (Å²) in [4.78, 5) is 2.11. The molecule has 0 bridgehead atoms. The zero-order valence-electron chi connectivity index (χ0n) is 9.08. The van der Waals surface area contributed by atoms with Crippen LogP contribution in [0.3, 0.4) is 0 Å². The van der Waals surface area contributed by atoms with Gasteiger partial charge in [-0.1, -0.05) is 0 Å². The molecule has 1 nitrogen and oxygen atoms in total. The van der Waals surface area contributed by atoms with E-state index in [4.69, 9.17) is 4.37 Å². The van der Waals surface area contributed by atoms with E-state index in [-0.39, 0.29) is 0 Å². The molecule has 0 radical (unpaired) electrons. The number of hydrogen-bond donors (Lipinski definition) is 1. The first-order valence-corrected chi connectivity index (χ1v) is 8.25. The van der Waals surface area contributed by atoms with Crippen molar-refractivity contribution in [1.29, 1.82) is 0 Å². The average molecular weight is 305 g/mol. The molecule has 16 heavy (non-hydrogen) atoms. The van der Waals surface area contributed by atoms with E-state index in [0.29, 0.717) is 0 Å². The minimum absolute atomic E-state index is 0.939. The Kier molecular flexibility index (Phi) is 4.30. The van der Waals surface area contributed by atoms with Gasteiger partial charge in [0.15, 0.2) is 0 Å². The Bertz CT molecular complexity index is 372. The Morgan fingerprint density at radius 3 is 1.44 bits per heavy atom. The molecule has 0 aliphatic carbocycles. The minimum atomic E-state index is -0.939. The third kappa shape index (κ3) is 3.57. The second-order valence-corrected chi connectivity index (χ2v) is 6.76. The van der Waals surface area contributed by atoms with Gasteiger partial charge in [-0.2, -0.15) is 0 Å². The van der Waals surface area contributed by atoms with Crippen molar-refractivity contribution in [1.82, 2.24) is 0 Å². The Hall–Kier alpha value is -0.938. The standard InChI is InChI=1S/2C7H7.H2N.Pd/c2*1-7-5-3-2-4-6-7;;/h2*2-6H,1H2;1H2;/q;;-1;+1. The summed E-state index contributed by atoms with van der Waals surface area (Å²) in [5, 5.41) is 0. The quantitative estimate of drug-likeness (QED) is 0.864. The molecule has 2 heteroatoms. The van der Waals surface area contributed by atoms with Crippen molar-refractivity contribution in [3.63, 3.8) is 0 Å². The molecule has 2 rings (SSSR count). The van der Waals surface area contributed by atoms with Crippen molar-refractivity contribution in [3.8, 4) is 0 Å². The van der Waals surface area contributed by atoms with E-state index in [1.807, 2.05) is 12.1 Å². The molecule has 0 amide bonds. The topological polar surface area (TPSA) is 26.0 Å². The van der Waals surface area contributed by atoms with Gasteiger partial charge in [0.1, 0.15) is 0 Å². The monoisotopic (exact) mass is 304 g/mol. The van der Waals surface area contributed by atoms with Crippen LogP contribution in [-0.2, 0) is 26.8 Å². The summed E-state index contributed by atoms with van der Waals surface area (Å²) in [7, 11) is 0. The number of nitrogens with two attached hydrogens (primary N) is 1. The van der Waals surface area contributed by atoms with Crippen molar-refractivity contribution in [2.24, 2.45) is 4.37 Å². The van der Waals surface area contributed by atoms with E-state index in [9.17, 15) is 0 Å². The van der Waals surface area contributed by atoms with Crippen LogP contribution in [0.2, 0.25) is 0 Å². The van der Waals surface area contributed by atoms with E-state index in [0.717, 1.165) is 9.79 Å². The van der Waals surface area contributed by atoms with Crippen molar-refractivity contribution < 1.29 is 17.0 Å². The molecular formula is C14H16NPd. The fraction of sp³-hybridized carbons (Fsp3) is 0.143. The molecule has 2 aromatic carbocycles. The van der Waals surface area contributed by atoms with Crippen LogP contribution >= 0.6 is 0 Å². The average Bonchev–Trinajstić information content (AvgIpc) is 2.31. The molecule has 0 saturated heterocycles. The van der Waals surface area contributed by atoms with Gasteiger partial charge in [0.05, 0.1) is 0 Å². The zero-order chi connectivity index (χ0) is 11.2. The number of hydrogen-bond acceptors (Lipinski definition) is 1. The van der Waals surface area contributed by atoms with Crippen LogP contribution in [0.15, 0.2) is 60.7 Å². The summed E-state index contributed by atoms with van der Waals surface area (Å²) in [6.07, 6.45) is 0. The summed E-state index contributed by atoms with van der Waals surface area (Å²) in [6.45, 7) is 0. The second-order valence-electron chi connectivity index (χ2n) is 3.61. The zero-order valence-corrected chi connectivity index (χ0v) is 10.6. The predicted octanol–water partition coefficient (Wildman–Crippen LogP) is 2.88. The summed E-state index contributed by atoms with van der Waals surface area (Å²) < 4.78 is 6.25. The summed E-state index contributed by atoms with van der Waals surface area (Å²) in [5.41, 5.74) is 2.73. The Morgan fingerprint density at radius 1 is 0.688 bits per heavy atom. The maximum absolute atomic E-state index is 6.25. The fourth-order valence-corrected chi connectivity index (χ4v) is 4.03. The van der Waals surface area contributed by atoms with Crippen LogP contribution in [0.1, 0.15) is 11.1 Å². The predicted molar refractivity (Wildman–Crippen MR) is 64.5 cm³/mol. The second kappa shape index (κ2) is 5.96. The van der Waals surface area contributed by atoms with Gasteiger partial charge in [0, 0.05) is 0 Å². The Balaban J connectivity index is 1.92. The van der Waals surface area contributed by atoms with Crippen LogP contribution in [0.5, 0.6) is 0 Å². The van der Waals surface area contributed by atoms with Crippen molar-refractivity contribution in [2.75, 3.05) is 0 Å². The van der Waals surface area contributed by atoms with E-state index in [1.54, 1.807) is 0 Å². The molecule has 0 saturated carbocycles. The molecule has 0 heterocycles. The number of benzene rings is 2. The molecule has 0 aliphatic rings. The van der Waals surface area contributed by atoms with Crippen LogP contribution in [0.25, 0.3) is 0 Å². The summed E-state index contributed by atoms with van der Waals surface area (Å²) in [5.74, 6) is 0. The van der Waals surface area contributed by atoms with Crippen LogP contribution < -0.4 is 4.37 Å². The Labute approximate surface area is 103 Å². The third-order valence-corrected chi connectivity index (χ3v) is 4.91.